The van der Waals surface area contributed by atoms with Gasteiger partial charge in [-0.3, -0.25) is 0 Å². The van der Waals surface area contributed by atoms with Crippen molar-refractivity contribution in [2.24, 2.45) is 0 Å². The second kappa shape index (κ2) is 4.79. The quantitative estimate of drug-likeness (QED) is 0.410. The number of rotatable bonds is 5. The van der Waals surface area contributed by atoms with Crippen molar-refractivity contribution in [3.8, 4) is 6.07 Å². The molecule has 1 aromatic heterocycles. The molecule has 1 saturated heterocycles. The normalized spacial score (nSPS) is 18.6. The van der Waals surface area contributed by atoms with Crippen molar-refractivity contribution < 1.29 is 4.68 Å². The molecule has 1 atom stereocenters. The smallest absolute Gasteiger partial charge is 0.198 e. The maximum atomic E-state index is 8.41. The van der Waals surface area contributed by atoms with Crippen molar-refractivity contribution in [1.82, 2.24) is 0 Å². The fourth-order valence-electron chi connectivity index (χ4n) is 1.84. The first-order valence-corrected chi connectivity index (χ1v) is 5.52. The number of hydrogen-bond donors (Lipinski definition) is 0. The molecule has 0 N–H and O–H groups in total. The molecule has 0 saturated carbocycles. The van der Waals surface area contributed by atoms with Crippen LogP contribution in [0.2, 0.25) is 0 Å². The molecule has 3 heteroatoms. The van der Waals surface area contributed by atoms with E-state index in [4.69, 9.17) is 5.26 Å². The molecular formula is C12H16N3+. The average Bonchev–Trinajstić information content (AvgIpc) is 3.05. The van der Waals surface area contributed by atoms with Gasteiger partial charge in [0.2, 0.25) is 0 Å². The molecule has 0 radical (unpaired) electrons. The molecule has 0 aromatic carbocycles. The van der Waals surface area contributed by atoms with Crippen molar-refractivity contribution in [1.29, 1.82) is 5.26 Å². The van der Waals surface area contributed by atoms with E-state index >= 15 is 0 Å². The van der Waals surface area contributed by atoms with Crippen LogP contribution in [-0.4, -0.2) is 12.6 Å². The highest BCUT2D eigenvalue weighted by Gasteiger charge is 2.40. The lowest BCUT2D eigenvalue weighted by Gasteiger charge is -1.98. The molecule has 1 fully saturated rings. The van der Waals surface area contributed by atoms with Crippen LogP contribution in [0.5, 0.6) is 0 Å². The molecular weight excluding hydrogens is 186 g/mol. The minimum atomic E-state index is 0.691. The fourth-order valence-corrected chi connectivity index (χ4v) is 1.84. The molecule has 2 heterocycles. The predicted octanol–water partition coefficient (Wildman–Crippen LogP) is 1.38. The van der Waals surface area contributed by atoms with Gasteiger partial charge in [-0.1, -0.05) is 17.2 Å². The van der Waals surface area contributed by atoms with E-state index < -0.39 is 0 Å². The zero-order chi connectivity index (χ0) is 10.5. The van der Waals surface area contributed by atoms with Crippen LogP contribution >= 0.6 is 0 Å². The molecule has 3 nitrogen and oxygen atoms in total. The van der Waals surface area contributed by atoms with Crippen molar-refractivity contribution in [3.05, 3.63) is 30.6 Å². The van der Waals surface area contributed by atoms with Gasteiger partial charge in [-0.05, 0) is 12.8 Å². The van der Waals surface area contributed by atoms with Gasteiger partial charge in [0.05, 0.1) is 12.6 Å². The third-order valence-corrected chi connectivity index (χ3v) is 2.76. The van der Waals surface area contributed by atoms with Crippen LogP contribution in [0.1, 0.15) is 25.7 Å². The molecule has 1 aliphatic rings. The number of aromatic nitrogens is 1. The summed E-state index contributed by atoms with van der Waals surface area (Å²) in [6.07, 6.45) is 8.28. The lowest BCUT2D eigenvalue weighted by Crippen LogP contribution is -2.45. The topological polar surface area (TPSA) is 30.7 Å². The highest BCUT2D eigenvalue weighted by Crippen LogP contribution is 2.17. The highest BCUT2D eigenvalue weighted by atomic mass is 15.6. The van der Waals surface area contributed by atoms with Gasteiger partial charge in [-0.25, -0.2) is 0 Å². The van der Waals surface area contributed by atoms with E-state index in [0.29, 0.717) is 12.5 Å². The Morgan fingerprint density at radius 2 is 2.07 bits per heavy atom. The number of nitriles is 1. The summed E-state index contributed by atoms with van der Waals surface area (Å²) in [5.41, 5.74) is 0. The van der Waals surface area contributed by atoms with Crippen molar-refractivity contribution in [2.75, 3.05) is 11.6 Å². The molecule has 1 unspecified atom stereocenters. The van der Waals surface area contributed by atoms with Crippen LogP contribution in [0, 0.1) is 11.3 Å². The van der Waals surface area contributed by atoms with Crippen LogP contribution in [0.15, 0.2) is 30.6 Å². The Hall–Kier alpha value is -1.56. The third kappa shape index (κ3) is 2.69. The van der Waals surface area contributed by atoms with E-state index in [-0.39, 0.29) is 0 Å². The lowest BCUT2D eigenvalue weighted by atomic mass is 10.2. The minimum Gasteiger partial charge on any atom is -0.198 e. The SMILES string of the molecule is N#CCCCCC1CN1[n+]1ccccc1. The van der Waals surface area contributed by atoms with Gasteiger partial charge in [0.1, 0.15) is 6.04 Å². The first-order chi connectivity index (χ1) is 7.42. The molecule has 0 amide bonds. The Morgan fingerprint density at radius 3 is 2.80 bits per heavy atom. The Labute approximate surface area is 90.5 Å². The summed E-state index contributed by atoms with van der Waals surface area (Å²) in [7, 11) is 0. The van der Waals surface area contributed by atoms with E-state index in [0.717, 1.165) is 13.0 Å². The van der Waals surface area contributed by atoms with Crippen LogP contribution in [0.25, 0.3) is 0 Å². The molecule has 15 heavy (non-hydrogen) atoms. The lowest BCUT2D eigenvalue weighted by molar-refractivity contribution is -0.677. The summed E-state index contributed by atoms with van der Waals surface area (Å²) >= 11 is 0. The van der Waals surface area contributed by atoms with E-state index in [2.05, 4.69) is 28.1 Å². The van der Waals surface area contributed by atoms with E-state index in [1.54, 1.807) is 0 Å². The Kier molecular flexibility index (Phi) is 3.18. The van der Waals surface area contributed by atoms with E-state index in [1.807, 2.05) is 18.2 Å². The maximum absolute atomic E-state index is 8.41. The molecule has 0 aliphatic carbocycles. The average molecular weight is 202 g/mol. The summed E-state index contributed by atoms with van der Waals surface area (Å²) in [6, 6.07) is 9.00. The number of pyridine rings is 1. The summed E-state index contributed by atoms with van der Waals surface area (Å²) in [4.78, 5) is 0. The van der Waals surface area contributed by atoms with Crippen molar-refractivity contribution in [3.63, 3.8) is 0 Å². The first-order valence-electron chi connectivity index (χ1n) is 5.52. The largest absolute Gasteiger partial charge is 0.199 e. The van der Waals surface area contributed by atoms with E-state index in [9.17, 15) is 0 Å². The third-order valence-electron chi connectivity index (χ3n) is 2.76. The second-order valence-corrected chi connectivity index (χ2v) is 3.94. The van der Waals surface area contributed by atoms with Gasteiger partial charge in [-0.2, -0.15) is 10.3 Å². The predicted molar refractivity (Wildman–Crippen MR) is 57.6 cm³/mol. The second-order valence-electron chi connectivity index (χ2n) is 3.94. The Balaban J connectivity index is 1.71. The number of hydrogen-bond acceptors (Lipinski definition) is 2. The minimum absolute atomic E-state index is 0.691. The molecule has 0 spiro atoms. The molecule has 1 aliphatic heterocycles. The van der Waals surface area contributed by atoms with Gasteiger partial charge in [0.15, 0.2) is 12.4 Å². The maximum Gasteiger partial charge on any atom is 0.199 e. The van der Waals surface area contributed by atoms with Gasteiger partial charge in [0, 0.05) is 18.6 Å². The Bertz CT molecular complexity index is 342. The number of unbranched alkanes of at least 4 members (excludes halogenated alkanes) is 2. The van der Waals surface area contributed by atoms with Gasteiger partial charge in [0.25, 0.3) is 0 Å². The summed E-state index contributed by atoms with van der Waals surface area (Å²) in [5, 5.41) is 10.8. The summed E-state index contributed by atoms with van der Waals surface area (Å²) in [6.45, 7) is 1.15. The molecule has 78 valence electrons. The van der Waals surface area contributed by atoms with Crippen LogP contribution in [0.4, 0.5) is 0 Å². The molecule has 2 rings (SSSR count). The zero-order valence-electron chi connectivity index (χ0n) is 8.84. The van der Waals surface area contributed by atoms with Crippen molar-refractivity contribution >= 4 is 0 Å². The van der Waals surface area contributed by atoms with Gasteiger partial charge in [-0.15, -0.1) is 0 Å². The van der Waals surface area contributed by atoms with Crippen LogP contribution < -0.4 is 9.69 Å². The zero-order valence-corrected chi connectivity index (χ0v) is 8.84. The summed E-state index contributed by atoms with van der Waals surface area (Å²) in [5.74, 6) is 0. The number of nitrogens with zero attached hydrogens (tertiary/aromatic N) is 3. The fraction of sp³-hybridized carbons (Fsp3) is 0.500. The van der Waals surface area contributed by atoms with Gasteiger partial charge < -0.3 is 0 Å². The van der Waals surface area contributed by atoms with Crippen molar-refractivity contribution in [2.45, 2.75) is 31.7 Å². The van der Waals surface area contributed by atoms with E-state index in [1.165, 1.54) is 12.8 Å². The molecule has 1 aromatic rings. The standard InChI is InChI=1S/C12H16N3/c13-8-4-1-3-7-12-11-15(12)14-9-5-2-6-10-14/h2,5-6,9-10,12H,1,3-4,7,11H2/q+1. The molecule has 0 bridgehead atoms. The monoisotopic (exact) mass is 202 g/mol. The van der Waals surface area contributed by atoms with Crippen LogP contribution in [-0.2, 0) is 0 Å². The summed E-state index contributed by atoms with van der Waals surface area (Å²) < 4.78 is 2.15. The van der Waals surface area contributed by atoms with Crippen LogP contribution in [0.3, 0.4) is 0 Å². The first kappa shape index (κ1) is 9.97. The van der Waals surface area contributed by atoms with Gasteiger partial charge >= 0.3 is 0 Å². The highest BCUT2D eigenvalue weighted by molar-refractivity contribution is 5.04. The Morgan fingerprint density at radius 1 is 1.27 bits per heavy atom.